The smallest absolute Gasteiger partial charge is 0.341 e. The lowest BCUT2D eigenvalue weighted by atomic mass is 9.88. The van der Waals surface area contributed by atoms with Crippen molar-refractivity contribution < 1.29 is 23.9 Å². The molecule has 7 nitrogen and oxygen atoms in total. The lowest BCUT2D eigenvalue weighted by Crippen LogP contribution is -2.21. The van der Waals surface area contributed by atoms with E-state index in [1.165, 1.54) is 17.4 Å². The highest BCUT2D eigenvalue weighted by Gasteiger charge is 2.29. The number of nitrogens with zero attached hydrogens (tertiary/aromatic N) is 1. The van der Waals surface area contributed by atoms with Gasteiger partial charge in [-0.25, -0.2) is 9.59 Å². The highest BCUT2D eigenvalue weighted by atomic mass is 32.1. The van der Waals surface area contributed by atoms with Gasteiger partial charge in [0.2, 0.25) is 0 Å². The zero-order valence-electron chi connectivity index (χ0n) is 19.1. The van der Waals surface area contributed by atoms with E-state index in [1.807, 2.05) is 30.3 Å². The summed E-state index contributed by atoms with van der Waals surface area (Å²) in [7, 11) is 0. The number of hydrogen-bond acceptors (Lipinski definition) is 7. The van der Waals surface area contributed by atoms with E-state index in [9.17, 15) is 14.4 Å². The fraction of sp³-hybridized carbons (Fsp3) is 0.308. The number of amides is 1. The predicted molar refractivity (Wildman–Crippen MR) is 132 cm³/mol. The number of ether oxygens (including phenoxy) is 2. The monoisotopic (exact) mass is 478 g/mol. The summed E-state index contributed by atoms with van der Waals surface area (Å²) in [5.74, 6) is -1.07. The van der Waals surface area contributed by atoms with Crippen molar-refractivity contribution in [3.8, 4) is 0 Å². The SMILES string of the molecule is CCOC(=O)c1c(NC(=O)COC(=O)/C=C/c2cccc3cccnc23)sc2c1CCC(C)C2. The summed E-state index contributed by atoms with van der Waals surface area (Å²) >= 11 is 1.40. The topological polar surface area (TPSA) is 94.6 Å². The van der Waals surface area contributed by atoms with E-state index in [4.69, 9.17) is 9.47 Å². The van der Waals surface area contributed by atoms with E-state index >= 15 is 0 Å². The maximum Gasteiger partial charge on any atom is 0.341 e. The molecule has 0 saturated heterocycles. The number of thiophene rings is 1. The van der Waals surface area contributed by atoms with Gasteiger partial charge in [0.05, 0.1) is 17.7 Å². The number of benzene rings is 1. The Kier molecular flexibility index (Phi) is 7.37. The van der Waals surface area contributed by atoms with Crippen molar-refractivity contribution >= 4 is 51.2 Å². The minimum atomic E-state index is -0.645. The molecule has 0 bridgehead atoms. The second kappa shape index (κ2) is 10.6. The first-order valence-corrected chi connectivity index (χ1v) is 12.1. The number of hydrogen-bond donors (Lipinski definition) is 1. The van der Waals surface area contributed by atoms with E-state index < -0.39 is 24.5 Å². The highest BCUT2D eigenvalue weighted by Crippen LogP contribution is 2.40. The molecule has 3 aromatic rings. The molecule has 1 atom stereocenters. The first-order chi connectivity index (χ1) is 16.5. The van der Waals surface area contributed by atoms with Crippen molar-refractivity contribution in [1.82, 2.24) is 4.98 Å². The van der Waals surface area contributed by atoms with E-state index in [0.29, 0.717) is 16.5 Å². The standard InChI is InChI=1S/C26H26N2O5S/c1-3-32-26(31)23-19-11-9-16(2)14-20(19)34-25(23)28-21(29)15-33-22(30)12-10-18-7-4-6-17-8-5-13-27-24(17)18/h4-8,10,12-13,16H,3,9,11,14-15H2,1-2H3,(H,28,29)/b12-10+. The number of esters is 2. The van der Waals surface area contributed by atoms with Crippen molar-refractivity contribution in [2.75, 3.05) is 18.5 Å². The van der Waals surface area contributed by atoms with Crippen LogP contribution in [0, 0.1) is 5.92 Å². The summed E-state index contributed by atoms with van der Waals surface area (Å²) in [6.07, 6.45) is 7.20. The number of carbonyl (C=O) groups excluding carboxylic acids is 3. The van der Waals surface area contributed by atoms with Crippen molar-refractivity contribution in [3.63, 3.8) is 0 Å². The second-order valence-electron chi connectivity index (χ2n) is 8.19. The molecular weight excluding hydrogens is 452 g/mol. The molecule has 2 aromatic heterocycles. The zero-order chi connectivity index (χ0) is 24.1. The third-order valence-electron chi connectivity index (χ3n) is 5.65. The quantitative estimate of drug-likeness (QED) is 0.387. The molecule has 8 heteroatoms. The molecule has 0 radical (unpaired) electrons. The van der Waals surface area contributed by atoms with Gasteiger partial charge in [0.25, 0.3) is 5.91 Å². The number of fused-ring (bicyclic) bond motifs is 2. The van der Waals surface area contributed by atoms with Crippen LogP contribution in [0.15, 0.2) is 42.6 Å². The highest BCUT2D eigenvalue weighted by molar-refractivity contribution is 7.17. The van der Waals surface area contributed by atoms with E-state index in [0.717, 1.165) is 46.2 Å². The number of rotatable bonds is 7. The lowest BCUT2D eigenvalue weighted by molar-refractivity contribution is -0.142. The maximum atomic E-state index is 12.6. The Balaban J connectivity index is 1.40. The summed E-state index contributed by atoms with van der Waals surface area (Å²) in [6, 6.07) is 9.46. The second-order valence-corrected chi connectivity index (χ2v) is 9.29. The van der Waals surface area contributed by atoms with Gasteiger partial charge < -0.3 is 14.8 Å². The fourth-order valence-corrected chi connectivity index (χ4v) is 5.44. The molecule has 4 rings (SSSR count). The van der Waals surface area contributed by atoms with Gasteiger partial charge in [0.15, 0.2) is 6.61 Å². The molecule has 2 heterocycles. The Morgan fingerprint density at radius 1 is 1.21 bits per heavy atom. The van der Waals surface area contributed by atoms with Gasteiger partial charge in [0.1, 0.15) is 5.00 Å². The largest absolute Gasteiger partial charge is 0.462 e. The van der Waals surface area contributed by atoms with Crippen LogP contribution in [0.25, 0.3) is 17.0 Å². The lowest BCUT2D eigenvalue weighted by Gasteiger charge is -2.18. The van der Waals surface area contributed by atoms with Crippen LogP contribution < -0.4 is 5.32 Å². The third-order valence-corrected chi connectivity index (χ3v) is 6.82. The van der Waals surface area contributed by atoms with Gasteiger partial charge in [-0.15, -0.1) is 11.3 Å². The molecule has 1 aromatic carbocycles. The van der Waals surface area contributed by atoms with Crippen LogP contribution in [0.1, 0.15) is 46.6 Å². The summed E-state index contributed by atoms with van der Waals surface area (Å²) in [6.45, 7) is 3.71. The number of pyridine rings is 1. The third kappa shape index (κ3) is 5.34. The van der Waals surface area contributed by atoms with Crippen LogP contribution in [0.5, 0.6) is 0 Å². The van der Waals surface area contributed by atoms with Crippen LogP contribution in [0.2, 0.25) is 0 Å². The number of anilines is 1. The summed E-state index contributed by atoms with van der Waals surface area (Å²) in [5, 5.41) is 4.16. The van der Waals surface area contributed by atoms with Gasteiger partial charge in [-0.3, -0.25) is 9.78 Å². The molecular formula is C26H26N2O5S. The van der Waals surface area contributed by atoms with Crippen LogP contribution in [0.3, 0.4) is 0 Å². The van der Waals surface area contributed by atoms with Crippen LogP contribution >= 0.6 is 11.3 Å². The van der Waals surface area contributed by atoms with Gasteiger partial charge in [-0.05, 0) is 49.8 Å². The Morgan fingerprint density at radius 3 is 2.85 bits per heavy atom. The molecule has 0 saturated carbocycles. The molecule has 1 aliphatic rings. The minimum absolute atomic E-state index is 0.253. The summed E-state index contributed by atoms with van der Waals surface area (Å²) in [4.78, 5) is 42.7. The van der Waals surface area contributed by atoms with Gasteiger partial charge >= 0.3 is 11.9 Å². The van der Waals surface area contributed by atoms with Gasteiger partial charge in [-0.1, -0.05) is 31.2 Å². The van der Waals surface area contributed by atoms with E-state index in [-0.39, 0.29) is 6.61 Å². The Morgan fingerprint density at radius 2 is 2.03 bits per heavy atom. The first-order valence-electron chi connectivity index (χ1n) is 11.3. The molecule has 1 amide bonds. The Hall–Kier alpha value is -3.52. The molecule has 1 aliphatic carbocycles. The minimum Gasteiger partial charge on any atom is -0.462 e. The molecule has 0 fully saturated rings. The maximum absolute atomic E-state index is 12.6. The normalized spacial score (nSPS) is 15.2. The van der Waals surface area contributed by atoms with Crippen LogP contribution in [-0.2, 0) is 31.9 Å². The number of para-hydroxylation sites is 1. The Bertz CT molecular complexity index is 1260. The first kappa shape index (κ1) is 23.6. The average Bonchev–Trinajstić information content (AvgIpc) is 3.18. The molecule has 1 N–H and O–H groups in total. The molecule has 0 spiro atoms. The van der Waals surface area contributed by atoms with Crippen molar-refractivity contribution in [2.24, 2.45) is 5.92 Å². The van der Waals surface area contributed by atoms with Gasteiger partial charge in [0, 0.05) is 28.1 Å². The average molecular weight is 479 g/mol. The van der Waals surface area contributed by atoms with Crippen molar-refractivity contribution in [1.29, 1.82) is 0 Å². The van der Waals surface area contributed by atoms with E-state index in [2.05, 4.69) is 17.2 Å². The van der Waals surface area contributed by atoms with Gasteiger partial charge in [-0.2, -0.15) is 0 Å². The summed E-state index contributed by atoms with van der Waals surface area (Å²) in [5.41, 5.74) is 2.93. The zero-order valence-corrected chi connectivity index (χ0v) is 19.9. The summed E-state index contributed by atoms with van der Waals surface area (Å²) < 4.78 is 10.3. The van der Waals surface area contributed by atoms with E-state index in [1.54, 1.807) is 19.2 Å². The number of aromatic nitrogens is 1. The van der Waals surface area contributed by atoms with Crippen LogP contribution in [0.4, 0.5) is 5.00 Å². The molecule has 176 valence electrons. The van der Waals surface area contributed by atoms with Crippen molar-refractivity contribution in [3.05, 3.63) is 64.2 Å². The number of nitrogens with one attached hydrogen (secondary N) is 1. The molecule has 0 aliphatic heterocycles. The number of carbonyl (C=O) groups is 3. The predicted octanol–water partition coefficient (Wildman–Crippen LogP) is 4.79. The molecule has 34 heavy (non-hydrogen) atoms. The fourth-order valence-electron chi connectivity index (χ4n) is 4.03. The Labute approximate surface area is 201 Å². The van der Waals surface area contributed by atoms with Crippen molar-refractivity contribution in [2.45, 2.75) is 33.1 Å². The van der Waals surface area contributed by atoms with Crippen LogP contribution in [-0.4, -0.2) is 36.0 Å². The molecule has 1 unspecified atom stereocenters.